The monoisotopic (exact) mass is 289 g/mol. The summed E-state index contributed by atoms with van der Waals surface area (Å²) in [7, 11) is 0. The molecule has 1 rings (SSSR count). The molecule has 1 amide bonds. The van der Waals surface area contributed by atoms with E-state index in [4.69, 9.17) is 4.74 Å². The van der Waals surface area contributed by atoms with Crippen LogP contribution in [0.5, 0.6) is 5.75 Å². The molecule has 0 saturated heterocycles. The zero-order valence-corrected chi connectivity index (χ0v) is 13.4. The first-order valence-corrected chi connectivity index (χ1v) is 6.85. The fourth-order valence-electron chi connectivity index (χ4n) is 1.48. The Kier molecular flexibility index (Phi) is 5.30. The molecule has 4 nitrogen and oxygen atoms in total. The quantitative estimate of drug-likeness (QED) is 0.662. The topological polar surface area (TPSA) is 55.4 Å². The van der Waals surface area contributed by atoms with E-state index >= 15 is 0 Å². The van der Waals surface area contributed by atoms with E-state index in [9.17, 15) is 9.59 Å². The molecular formula is C17H23NO3. The highest BCUT2D eigenvalue weighted by atomic mass is 16.5. The fourth-order valence-corrected chi connectivity index (χ4v) is 1.48. The summed E-state index contributed by atoms with van der Waals surface area (Å²) in [4.78, 5) is 23.6. The van der Waals surface area contributed by atoms with Crippen molar-refractivity contribution in [1.82, 2.24) is 0 Å². The van der Waals surface area contributed by atoms with Gasteiger partial charge in [0.2, 0.25) is 5.91 Å². The minimum absolute atomic E-state index is 0.0623. The molecule has 0 aliphatic heterocycles. The van der Waals surface area contributed by atoms with Gasteiger partial charge in [-0.15, -0.1) is 0 Å². The Morgan fingerprint density at radius 2 is 1.86 bits per heavy atom. The molecule has 21 heavy (non-hydrogen) atoms. The summed E-state index contributed by atoms with van der Waals surface area (Å²) in [6.07, 6.45) is 0. The first kappa shape index (κ1) is 17.0. The summed E-state index contributed by atoms with van der Waals surface area (Å²) in [6, 6.07) is 5.01. The van der Waals surface area contributed by atoms with Crippen molar-refractivity contribution in [3.05, 3.63) is 35.9 Å². The van der Waals surface area contributed by atoms with Gasteiger partial charge in [-0.1, -0.05) is 27.4 Å². The van der Waals surface area contributed by atoms with Gasteiger partial charge in [-0.25, -0.2) is 0 Å². The molecule has 0 saturated carbocycles. The standard InChI is InChI=1S/C17H23NO3/c1-11(2)10-21-15-8-7-13(12(3)19)9-14(15)18-16(20)17(4,5)6/h7-9H,1,10H2,2-6H3,(H,18,20). The molecule has 0 spiro atoms. The number of amides is 1. The van der Waals surface area contributed by atoms with Crippen LogP contribution in [-0.2, 0) is 4.79 Å². The molecular weight excluding hydrogens is 266 g/mol. The van der Waals surface area contributed by atoms with Crippen molar-refractivity contribution >= 4 is 17.4 Å². The van der Waals surface area contributed by atoms with Crippen LogP contribution in [0.3, 0.4) is 0 Å². The third kappa shape index (κ3) is 5.06. The van der Waals surface area contributed by atoms with Crippen LogP contribution >= 0.6 is 0 Å². The Labute approximate surface area is 126 Å². The highest BCUT2D eigenvalue weighted by Crippen LogP contribution is 2.28. The maximum Gasteiger partial charge on any atom is 0.229 e. The second-order valence-electron chi connectivity index (χ2n) is 6.22. The van der Waals surface area contributed by atoms with Crippen LogP contribution < -0.4 is 10.1 Å². The van der Waals surface area contributed by atoms with Crippen molar-refractivity contribution in [1.29, 1.82) is 0 Å². The van der Waals surface area contributed by atoms with Crippen LogP contribution in [0.4, 0.5) is 5.69 Å². The van der Waals surface area contributed by atoms with Gasteiger partial charge < -0.3 is 10.1 Å². The predicted octanol–water partition coefficient (Wildman–Crippen LogP) is 3.83. The van der Waals surface area contributed by atoms with E-state index < -0.39 is 5.41 Å². The molecule has 0 bridgehead atoms. The Balaban J connectivity index is 3.10. The molecule has 0 aliphatic carbocycles. The normalized spacial score (nSPS) is 10.9. The molecule has 0 heterocycles. The average Bonchev–Trinajstić information content (AvgIpc) is 2.35. The SMILES string of the molecule is C=C(C)COc1ccc(C(C)=O)cc1NC(=O)C(C)(C)C. The van der Waals surface area contributed by atoms with Crippen LogP contribution in [0.25, 0.3) is 0 Å². The fraction of sp³-hybridized carbons (Fsp3) is 0.412. The lowest BCUT2D eigenvalue weighted by molar-refractivity contribution is -0.123. The number of anilines is 1. The third-order valence-electron chi connectivity index (χ3n) is 2.79. The highest BCUT2D eigenvalue weighted by Gasteiger charge is 2.22. The lowest BCUT2D eigenvalue weighted by atomic mass is 9.95. The maximum atomic E-state index is 12.1. The van der Waals surface area contributed by atoms with Gasteiger partial charge in [-0.2, -0.15) is 0 Å². The molecule has 0 unspecified atom stereocenters. The first-order valence-electron chi connectivity index (χ1n) is 6.85. The molecule has 1 aromatic carbocycles. The van der Waals surface area contributed by atoms with Gasteiger partial charge in [0, 0.05) is 11.0 Å². The van der Waals surface area contributed by atoms with Crippen molar-refractivity contribution < 1.29 is 14.3 Å². The zero-order chi connectivity index (χ0) is 16.2. The van der Waals surface area contributed by atoms with Crippen molar-refractivity contribution in [2.75, 3.05) is 11.9 Å². The lowest BCUT2D eigenvalue weighted by Crippen LogP contribution is -2.28. The molecule has 0 fully saturated rings. The number of nitrogens with one attached hydrogen (secondary N) is 1. The number of rotatable bonds is 5. The number of carbonyl (C=O) groups is 2. The highest BCUT2D eigenvalue weighted by molar-refractivity contribution is 5.99. The van der Waals surface area contributed by atoms with Crippen molar-refractivity contribution in [3.8, 4) is 5.75 Å². The molecule has 1 N–H and O–H groups in total. The van der Waals surface area contributed by atoms with E-state index in [1.807, 2.05) is 27.7 Å². The second-order valence-corrected chi connectivity index (χ2v) is 6.22. The number of hydrogen-bond donors (Lipinski definition) is 1. The molecule has 0 radical (unpaired) electrons. The molecule has 114 valence electrons. The van der Waals surface area contributed by atoms with E-state index in [2.05, 4.69) is 11.9 Å². The maximum absolute atomic E-state index is 12.1. The third-order valence-corrected chi connectivity index (χ3v) is 2.79. The van der Waals surface area contributed by atoms with Gasteiger partial charge in [0.25, 0.3) is 0 Å². The second kappa shape index (κ2) is 6.57. The summed E-state index contributed by atoms with van der Waals surface area (Å²) in [5.41, 5.74) is 1.38. The summed E-state index contributed by atoms with van der Waals surface area (Å²) < 4.78 is 5.62. The smallest absolute Gasteiger partial charge is 0.229 e. The minimum atomic E-state index is -0.530. The number of hydrogen-bond acceptors (Lipinski definition) is 3. The Bertz CT molecular complexity index is 568. The van der Waals surface area contributed by atoms with E-state index in [0.717, 1.165) is 5.57 Å². The van der Waals surface area contributed by atoms with Crippen LogP contribution in [0.1, 0.15) is 45.0 Å². The number of Topliss-reactive ketones (excluding diaryl/α,β-unsaturated/α-hetero) is 1. The summed E-state index contributed by atoms with van der Waals surface area (Å²) >= 11 is 0. The Morgan fingerprint density at radius 3 is 2.33 bits per heavy atom. The number of carbonyl (C=O) groups excluding carboxylic acids is 2. The predicted molar refractivity (Wildman–Crippen MR) is 84.8 cm³/mol. The van der Waals surface area contributed by atoms with E-state index in [1.165, 1.54) is 6.92 Å². The van der Waals surface area contributed by atoms with Gasteiger partial charge in [-0.05, 0) is 37.6 Å². The summed E-state index contributed by atoms with van der Waals surface area (Å²) in [6.45, 7) is 13.0. The van der Waals surface area contributed by atoms with Gasteiger partial charge in [0.05, 0.1) is 5.69 Å². The van der Waals surface area contributed by atoms with Gasteiger partial charge in [0.1, 0.15) is 12.4 Å². The van der Waals surface area contributed by atoms with Crippen molar-refractivity contribution in [2.24, 2.45) is 5.41 Å². The number of ketones is 1. The molecule has 1 aromatic rings. The number of ether oxygens (including phenoxy) is 1. The summed E-state index contributed by atoms with van der Waals surface area (Å²) in [5, 5.41) is 2.82. The Hall–Kier alpha value is -2.10. The van der Waals surface area contributed by atoms with E-state index in [0.29, 0.717) is 23.6 Å². The molecule has 0 aliphatic rings. The van der Waals surface area contributed by atoms with Crippen LogP contribution in [0.15, 0.2) is 30.4 Å². The molecule has 4 heteroatoms. The molecule has 0 aromatic heterocycles. The van der Waals surface area contributed by atoms with Crippen molar-refractivity contribution in [3.63, 3.8) is 0 Å². The van der Waals surface area contributed by atoms with Crippen LogP contribution in [-0.4, -0.2) is 18.3 Å². The average molecular weight is 289 g/mol. The van der Waals surface area contributed by atoms with E-state index in [1.54, 1.807) is 18.2 Å². The first-order chi connectivity index (χ1) is 9.61. The van der Waals surface area contributed by atoms with Gasteiger partial charge in [0.15, 0.2) is 5.78 Å². The minimum Gasteiger partial charge on any atom is -0.487 e. The van der Waals surface area contributed by atoms with Crippen LogP contribution in [0, 0.1) is 5.41 Å². The summed E-state index contributed by atoms with van der Waals surface area (Å²) in [5.74, 6) is 0.330. The number of benzene rings is 1. The zero-order valence-electron chi connectivity index (χ0n) is 13.4. The lowest BCUT2D eigenvalue weighted by Gasteiger charge is -2.20. The largest absolute Gasteiger partial charge is 0.487 e. The molecule has 0 atom stereocenters. The van der Waals surface area contributed by atoms with E-state index in [-0.39, 0.29) is 11.7 Å². The van der Waals surface area contributed by atoms with Crippen molar-refractivity contribution in [2.45, 2.75) is 34.6 Å². The van der Waals surface area contributed by atoms with Gasteiger partial charge >= 0.3 is 0 Å². The van der Waals surface area contributed by atoms with Crippen LogP contribution in [0.2, 0.25) is 0 Å². The Morgan fingerprint density at radius 1 is 1.24 bits per heavy atom. The van der Waals surface area contributed by atoms with Gasteiger partial charge in [-0.3, -0.25) is 9.59 Å².